The molecule has 0 bridgehead atoms. The molecule has 2 fully saturated rings. The summed E-state index contributed by atoms with van der Waals surface area (Å²) in [5.74, 6) is 0.677. The van der Waals surface area contributed by atoms with Gasteiger partial charge in [-0.3, -0.25) is 9.69 Å². The van der Waals surface area contributed by atoms with E-state index < -0.39 is 0 Å². The summed E-state index contributed by atoms with van der Waals surface area (Å²) in [4.78, 5) is 19.1. The number of rotatable bonds is 4. The quantitative estimate of drug-likeness (QED) is 0.808. The van der Waals surface area contributed by atoms with Crippen LogP contribution in [0.4, 0.5) is 0 Å². The van der Waals surface area contributed by atoms with Crippen molar-refractivity contribution in [3.63, 3.8) is 0 Å². The zero-order chi connectivity index (χ0) is 17.8. The van der Waals surface area contributed by atoms with Crippen LogP contribution in [0, 0.1) is 5.92 Å². The number of piperazine rings is 1. The molecule has 138 valence electrons. The standard InChI is InChI=1S/C19H29N3O3/c1-20-6-4-15(5-7-20)13-19(25)22-10-8-21(9-11-22)14-16-2-3-17(23)18(24)12-16/h2-3,12,15,23-24H,4-11,13-14H2,1H3. The molecule has 1 aromatic rings. The monoisotopic (exact) mass is 347 g/mol. The molecule has 2 N–H and O–H groups in total. The summed E-state index contributed by atoms with van der Waals surface area (Å²) < 4.78 is 0. The van der Waals surface area contributed by atoms with Crippen LogP contribution in [0.25, 0.3) is 0 Å². The van der Waals surface area contributed by atoms with Gasteiger partial charge in [-0.25, -0.2) is 0 Å². The molecule has 0 atom stereocenters. The first-order chi connectivity index (χ1) is 12.0. The Hall–Kier alpha value is -1.79. The van der Waals surface area contributed by atoms with E-state index in [4.69, 9.17) is 0 Å². The van der Waals surface area contributed by atoms with Crippen LogP contribution in [0.5, 0.6) is 11.5 Å². The second-order valence-electron chi connectivity index (χ2n) is 7.43. The molecule has 0 aliphatic carbocycles. The summed E-state index contributed by atoms with van der Waals surface area (Å²) in [6, 6.07) is 4.95. The van der Waals surface area contributed by atoms with Gasteiger partial charge < -0.3 is 20.0 Å². The number of phenols is 2. The third kappa shape index (κ3) is 4.86. The molecule has 0 saturated carbocycles. The lowest BCUT2D eigenvalue weighted by Gasteiger charge is -2.36. The number of piperidine rings is 1. The van der Waals surface area contributed by atoms with Crippen molar-refractivity contribution in [2.45, 2.75) is 25.8 Å². The number of carbonyl (C=O) groups excluding carboxylic acids is 1. The molecule has 0 aromatic heterocycles. The molecule has 2 saturated heterocycles. The van der Waals surface area contributed by atoms with Crippen molar-refractivity contribution >= 4 is 5.91 Å². The van der Waals surface area contributed by atoms with Crippen molar-refractivity contribution in [2.75, 3.05) is 46.3 Å². The summed E-state index contributed by atoms with van der Waals surface area (Å²) in [6.07, 6.45) is 2.96. The molecule has 0 radical (unpaired) electrons. The van der Waals surface area contributed by atoms with Gasteiger partial charge in [0.2, 0.25) is 5.91 Å². The average Bonchev–Trinajstić information content (AvgIpc) is 2.61. The molecule has 0 spiro atoms. The molecule has 6 nitrogen and oxygen atoms in total. The zero-order valence-electron chi connectivity index (χ0n) is 15.0. The Kier molecular flexibility index (Phi) is 5.81. The first kappa shape index (κ1) is 18.0. The molecule has 6 heteroatoms. The first-order valence-electron chi connectivity index (χ1n) is 9.21. The van der Waals surface area contributed by atoms with Crippen molar-refractivity contribution in [1.82, 2.24) is 14.7 Å². The van der Waals surface area contributed by atoms with Crippen molar-refractivity contribution in [3.8, 4) is 11.5 Å². The Morgan fingerprint density at radius 3 is 2.36 bits per heavy atom. The highest BCUT2D eigenvalue weighted by Gasteiger charge is 2.25. The van der Waals surface area contributed by atoms with Gasteiger partial charge in [-0.2, -0.15) is 0 Å². The number of benzene rings is 1. The third-order valence-electron chi connectivity index (χ3n) is 5.47. The maximum absolute atomic E-state index is 12.5. The Labute approximate surface area is 149 Å². The van der Waals surface area contributed by atoms with Gasteiger partial charge in [0.05, 0.1) is 0 Å². The summed E-state index contributed by atoms with van der Waals surface area (Å²) in [5.41, 5.74) is 0.974. The lowest BCUT2D eigenvalue weighted by Crippen LogP contribution is -2.48. The maximum Gasteiger partial charge on any atom is 0.222 e. The lowest BCUT2D eigenvalue weighted by atomic mass is 9.93. The van der Waals surface area contributed by atoms with E-state index >= 15 is 0 Å². The van der Waals surface area contributed by atoms with Gasteiger partial charge in [0, 0.05) is 39.1 Å². The van der Waals surface area contributed by atoms with Crippen LogP contribution < -0.4 is 0 Å². The average molecular weight is 347 g/mol. The van der Waals surface area contributed by atoms with Gasteiger partial charge in [-0.1, -0.05) is 6.07 Å². The largest absolute Gasteiger partial charge is 0.504 e. The molecular weight excluding hydrogens is 318 g/mol. The second kappa shape index (κ2) is 8.06. The smallest absolute Gasteiger partial charge is 0.222 e. The maximum atomic E-state index is 12.5. The number of hydrogen-bond acceptors (Lipinski definition) is 5. The fourth-order valence-electron chi connectivity index (χ4n) is 3.72. The number of phenolic OH excluding ortho intramolecular Hbond substituents is 2. The highest BCUT2D eigenvalue weighted by atomic mass is 16.3. The van der Waals surface area contributed by atoms with E-state index in [1.165, 1.54) is 6.07 Å². The third-order valence-corrected chi connectivity index (χ3v) is 5.47. The van der Waals surface area contributed by atoms with E-state index in [1.807, 2.05) is 11.0 Å². The molecule has 1 aromatic carbocycles. The Balaban J connectivity index is 1.43. The van der Waals surface area contributed by atoms with Gasteiger partial charge in [0.1, 0.15) is 0 Å². The van der Waals surface area contributed by atoms with E-state index in [0.29, 0.717) is 18.2 Å². The van der Waals surface area contributed by atoms with Gasteiger partial charge >= 0.3 is 0 Å². The van der Waals surface area contributed by atoms with E-state index in [1.54, 1.807) is 6.07 Å². The topological polar surface area (TPSA) is 67.3 Å². The minimum absolute atomic E-state index is 0.0792. The number of hydrogen-bond donors (Lipinski definition) is 2. The normalized spacial score (nSPS) is 20.8. The fraction of sp³-hybridized carbons (Fsp3) is 0.632. The molecule has 2 heterocycles. The van der Waals surface area contributed by atoms with Crippen molar-refractivity contribution in [1.29, 1.82) is 0 Å². The molecule has 2 aliphatic rings. The van der Waals surface area contributed by atoms with Crippen molar-refractivity contribution in [2.24, 2.45) is 5.92 Å². The number of likely N-dealkylation sites (tertiary alicyclic amines) is 1. The van der Waals surface area contributed by atoms with Crippen LogP contribution in [0.1, 0.15) is 24.8 Å². The predicted octanol–water partition coefficient (Wildman–Crippen LogP) is 1.47. The minimum atomic E-state index is -0.0897. The van der Waals surface area contributed by atoms with Gasteiger partial charge in [0.25, 0.3) is 0 Å². The molecule has 2 aliphatic heterocycles. The minimum Gasteiger partial charge on any atom is -0.504 e. The van der Waals surface area contributed by atoms with Crippen LogP contribution >= 0.6 is 0 Å². The van der Waals surface area contributed by atoms with Gasteiger partial charge in [-0.05, 0) is 56.6 Å². The Bertz CT molecular complexity index is 592. The first-order valence-corrected chi connectivity index (χ1v) is 9.21. The highest BCUT2D eigenvalue weighted by Crippen LogP contribution is 2.26. The Morgan fingerprint density at radius 2 is 1.72 bits per heavy atom. The van der Waals surface area contributed by atoms with E-state index in [9.17, 15) is 15.0 Å². The fourth-order valence-corrected chi connectivity index (χ4v) is 3.72. The second-order valence-corrected chi connectivity index (χ2v) is 7.43. The van der Waals surface area contributed by atoms with E-state index in [2.05, 4.69) is 16.8 Å². The van der Waals surface area contributed by atoms with E-state index in [-0.39, 0.29) is 11.5 Å². The van der Waals surface area contributed by atoms with Crippen LogP contribution in [0.15, 0.2) is 18.2 Å². The number of amides is 1. The predicted molar refractivity (Wildman–Crippen MR) is 96.5 cm³/mol. The summed E-state index contributed by atoms with van der Waals surface area (Å²) >= 11 is 0. The molecule has 0 unspecified atom stereocenters. The van der Waals surface area contributed by atoms with Crippen LogP contribution in [-0.2, 0) is 11.3 Å². The highest BCUT2D eigenvalue weighted by molar-refractivity contribution is 5.76. The SMILES string of the molecule is CN1CCC(CC(=O)N2CCN(Cc3ccc(O)c(O)c3)CC2)CC1. The van der Waals surface area contributed by atoms with Gasteiger partial charge in [0.15, 0.2) is 11.5 Å². The molecule has 1 amide bonds. The molecule has 3 rings (SSSR count). The zero-order valence-corrected chi connectivity index (χ0v) is 15.0. The number of carbonyl (C=O) groups is 1. The number of nitrogens with zero attached hydrogens (tertiary/aromatic N) is 3. The molecule has 25 heavy (non-hydrogen) atoms. The van der Waals surface area contributed by atoms with Gasteiger partial charge in [-0.15, -0.1) is 0 Å². The van der Waals surface area contributed by atoms with Crippen LogP contribution in [-0.4, -0.2) is 77.1 Å². The van der Waals surface area contributed by atoms with Crippen LogP contribution in [0.3, 0.4) is 0 Å². The Morgan fingerprint density at radius 1 is 1.04 bits per heavy atom. The lowest BCUT2D eigenvalue weighted by molar-refractivity contribution is -0.134. The summed E-state index contributed by atoms with van der Waals surface area (Å²) in [7, 11) is 2.14. The van der Waals surface area contributed by atoms with Crippen molar-refractivity contribution < 1.29 is 15.0 Å². The number of aromatic hydroxyl groups is 2. The summed E-state index contributed by atoms with van der Waals surface area (Å²) in [5, 5.41) is 19.0. The molecular formula is C19H29N3O3. The summed E-state index contributed by atoms with van der Waals surface area (Å²) in [6.45, 7) is 6.17. The van der Waals surface area contributed by atoms with Crippen LogP contribution in [0.2, 0.25) is 0 Å². The van der Waals surface area contributed by atoms with E-state index in [0.717, 1.165) is 64.2 Å². The van der Waals surface area contributed by atoms with Crippen molar-refractivity contribution in [3.05, 3.63) is 23.8 Å².